The molecule has 0 aliphatic heterocycles. The molecular weight excluding hydrogens is 721 g/mol. The Hall–Kier alpha value is -1.85. The van der Waals surface area contributed by atoms with Gasteiger partial charge < -0.3 is 14.2 Å². The molecule has 0 aromatic carbocycles. The van der Waals surface area contributed by atoms with E-state index < -0.39 is 6.10 Å². The summed E-state index contributed by atoms with van der Waals surface area (Å²) >= 11 is 0. The lowest BCUT2D eigenvalue weighted by Crippen LogP contribution is -2.30. The predicted molar refractivity (Wildman–Crippen MR) is 247 cm³/mol. The molecule has 0 aliphatic rings. The summed E-state index contributed by atoms with van der Waals surface area (Å²) in [7, 11) is 0. The van der Waals surface area contributed by atoms with E-state index in [0.717, 1.165) is 64.2 Å². The zero-order chi connectivity index (χ0) is 42.3. The highest BCUT2D eigenvalue weighted by molar-refractivity contribution is 5.71. The number of rotatable bonds is 47. The summed E-state index contributed by atoms with van der Waals surface area (Å²) in [4.78, 5) is 37.8. The lowest BCUT2D eigenvalue weighted by atomic mass is 10.0. The molecule has 0 saturated carbocycles. The fourth-order valence-electron chi connectivity index (χ4n) is 7.61. The molecule has 0 aromatic heterocycles. The quantitative estimate of drug-likeness (QED) is 0.0263. The Bertz CT molecular complexity index is 900. The maximum atomic E-state index is 12.7. The summed E-state index contributed by atoms with van der Waals surface area (Å²) in [5.74, 6) is -0.869. The summed E-state index contributed by atoms with van der Waals surface area (Å²) in [5, 5.41) is 0. The Labute approximate surface area is 360 Å². The molecule has 6 nitrogen and oxygen atoms in total. The second-order valence-corrected chi connectivity index (χ2v) is 17.4. The maximum absolute atomic E-state index is 12.7. The number of carbonyl (C=O) groups excluding carboxylic acids is 3. The number of hydrogen-bond donors (Lipinski definition) is 0. The summed E-state index contributed by atoms with van der Waals surface area (Å²) in [6, 6.07) is 0. The van der Waals surface area contributed by atoms with Gasteiger partial charge in [0.15, 0.2) is 6.10 Å². The van der Waals surface area contributed by atoms with Crippen LogP contribution in [0.1, 0.15) is 284 Å². The van der Waals surface area contributed by atoms with E-state index in [1.165, 1.54) is 180 Å². The summed E-state index contributed by atoms with van der Waals surface area (Å²) in [6.45, 7) is 6.62. The standard InChI is InChI=1S/C52H98O6/c1-4-7-10-13-16-18-20-22-24-26-28-29-31-33-36-39-42-45-51(54)57-48-49(47-56-50(53)44-41-38-35-15-12-9-6-3)58-52(55)46-43-40-37-34-32-30-27-25-23-21-19-17-14-11-8-5-2/h25,27,49H,4-24,26,28-48H2,1-3H3/b27-25-. The van der Waals surface area contributed by atoms with E-state index in [1.54, 1.807) is 0 Å². The molecule has 1 atom stereocenters. The van der Waals surface area contributed by atoms with Crippen molar-refractivity contribution in [1.29, 1.82) is 0 Å². The Kier molecular flexibility index (Phi) is 46.3. The van der Waals surface area contributed by atoms with Crippen molar-refractivity contribution in [2.45, 2.75) is 290 Å². The van der Waals surface area contributed by atoms with Gasteiger partial charge in [-0.1, -0.05) is 232 Å². The average molecular weight is 819 g/mol. The number of hydrogen-bond acceptors (Lipinski definition) is 6. The van der Waals surface area contributed by atoms with Crippen LogP contribution in [0, 0.1) is 0 Å². The molecule has 0 aliphatic carbocycles. The molecule has 0 saturated heterocycles. The highest BCUT2D eigenvalue weighted by Crippen LogP contribution is 2.16. The molecule has 58 heavy (non-hydrogen) atoms. The summed E-state index contributed by atoms with van der Waals surface area (Å²) in [5.41, 5.74) is 0. The van der Waals surface area contributed by atoms with Crippen molar-refractivity contribution in [3.8, 4) is 0 Å². The molecule has 0 heterocycles. The predicted octanol–water partition coefficient (Wildman–Crippen LogP) is 16.6. The summed E-state index contributed by atoms with van der Waals surface area (Å²) < 4.78 is 16.7. The van der Waals surface area contributed by atoms with E-state index in [0.29, 0.717) is 19.3 Å². The van der Waals surface area contributed by atoms with E-state index in [-0.39, 0.29) is 31.1 Å². The van der Waals surface area contributed by atoms with Crippen LogP contribution >= 0.6 is 0 Å². The Morgan fingerprint density at radius 3 is 0.862 bits per heavy atom. The van der Waals surface area contributed by atoms with Crippen molar-refractivity contribution in [3.63, 3.8) is 0 Å². The topological polar surface area (TPSA) is 78.9 Å². The molecule has 0 spiro atoms. The zero-order valence-electron chi connectivity index (χ0n) is 39.1. The fraction of sp³-hybridized carbons (Fsp3) is 0.904. The van der Waals surface area contributed by atoms with E-state index >= 15 is 0 Å². The van der Waals surface area contributed by atoms with Gasteiger partial charge in [0.25, 0.3) is 0 Å². The van der Waals surface area contributed by atoms with Crippen LogP contribution < -0.4 is 0 Å². The number of allylic oxidation sites excluding steroid dienone is 2. The fourth-order valence-corrected chi connectivity index (χ4v) is 7.61. The van der Waals surface area contributed by atoms with Crippen molar-refractivity contribution in [2.75, 3.05) is 13.2 Å². The first-order chi connectivity index (χ1) is 28.5. The number of unbranched alkanes of at least 4 members (excludes halogenated alkanes) is 34. The van der Waals surface area contributed by atoms with Crippen LogP contribution in [-0.4, -0.2) is 37.2 Å². The van der Waals surface area contributed by atoms with Crippen LogP contribution in [0.4, 0.5) is 0 Å². The molecule has 0 radical (unpaired) electrons. The van der Waals surface area contributed by atoms with Crippen LogP contribution in [-0.2, 0) is 28.6 Å². The molecule has 342 valence electrons. The summed E-state index contributed by atoms with van der Waals surface area (Å²) in [6.07, 6.45) is 52.1. The van der Waals surface area contributed by atoms with Gasteiger partial charge in [-0.3, -0.25) is 14.4 Å². The molecule has 6 heteroatoms. The van der Waals surface area contributed by atoms with Crippen LogP contribution in [0.25, 0.3) is 0 Å². The van der Waals surface area contributed by atoms with Gasteiger partial charge in [-0.15, -0.1) is 0 Å². The maximum Gasteiger partial charge on any atom is 0.306 e. The van der Waals surface area contributed by atoms with Gasteiger partial charge in [-0.25, -0.2) is 0 Å². The third-order valence-corrected chi connectivity index (χ3v) is 11.5. The highest BCUT2D eigenvalue weighted by Gasteiger charge is 2.19. The smallest absolute Gasteiger partial charge is 0.306 e. The molecule has 1 unspecified atom stereocenters. The van der Waals surface area contributed by atoms with Crippen LogP contribution in [0.3, 0.4) is 0 Å². The second kappa shape index (κ2) is 47.8. The van der Waals surface area contributed by atoms with Gasteiger partial charge in [0.1, 0.15) is 13.2 Å². The van der Waals surface area contributed by atoms with Crippen LogP contribution in [0.5, 0.6) is 0 Å². The van der Waals surface area contributed by atoms with Gasteiger partial charge in [0, 0.05) is 19.3 Å². The van der Waals surface area contributed by atoms with E-state index in [4.69, 9.17) is 14.2 Å². The van der Waals surface area contributed by atoms with E-state index in [9.17, 15) is 14.4 Å². The normalized spacial score (nSPS) is 12.0. The highest BCUT2D eigenvalue weighted by atomic mass is 16.6. The first-order valence-corrected chi connectivity index (χ1v) is 25.7. The lowest BCUT2D eigenvalue weighted by molar-refractivity contribution is -0.167. The largest absolute Gasteiger partial charge is 0.462 e. The molecular formula is C52H98O6. The monoisotopic (exact) mass is 819 g/mol. The Morgan fingerprint density at radius 1 is 0.328 bits per heavy atom. The minimum Gasteiger partial charge on any atom is -0.462 e. The third-order valence-electron chi connectivity index (χ3n) is 11.5. The Morgan fingerprint density at radius 2 is 0.569 bits per heavy atom. The van der Waals surface area contributed by atoms with E-state index in [1.807, 2.05) is 0 Å². The molecule has 0 rings (SSSR count). The average Bonchev–Trinajstić information content (AvgIpc) is 3.22. The van der Waals surface area contributed by atoms with Crippen molar-refractivity contribution in [2.24, 2.45) is 0 Å². The van der Waals surface area contributed by atoms with Gasteiger partial charge in [0.05, 0.1) is 0 Å². The van der Waals surface area contributed by atoms with Crippen molar-refractivity contribution < 1.29 is 28.6 Å². The Balaban J connectivity index is 4.22. The SMILES string of the molecule is CCCCCCCCC/C=C\CCCCCCCC(=O)OC(COC(=O)CCCCCCCCC)COC(=O)CCCCCCCCCCCCCCCCCCC. The minimum atomic E-state index is -0.766. The van der Waals surface area contributed by atoms with Gasteiger partial charge in [-0.2, -0.15) is 0 Å². The third kappa shape index (κ3) is 45.2. The molecule has 0 amide bonds. The zero-order valence-corrected chi connectivity index (χ0v) is 39.1. The van der Waals surface area contributed by atoms with Gasteiger partial charge in [-0.05, 0) is 44.9 Å². The first-order valence-electron chi connectivity index (χ1n) is 25.7. The van der Waals surface area contributed by atoms with Gasteiger partial charge in [0.2, 0.25) is 0 Å². The van der Waals surface area contributed by atoms with E-state index in [2.05, 4.69) is 32.9 Å². The molecule has 0 bridgehead atoms. The molecule has 0 aromatic rings. The van der Waals surface area contributed by atoms with Crippen molar-refractivity contribution >= 4 is 17.9 Å². The first kappa shape index (κ1) is 56.1. The minimum absolute atomic E-state index is 0.0687. The number of ether oxygens (including phenoxy) is 3. The van der Waals surface area contributed by atoms with Crippen molar-refractivity contribution in [3.05, 3.63) is 12.2 Å². The molecule has 0 fully saturated rings. The molecule has 0 N–H and O–H groups in total. The van der Waals surface area contributed by atoms with Crippen LogP contribution in [0.2, 0.25) is 0 Å². The van der Waals surface area contributed by atoms with Crippen molar-refractivity contribution in [1.82, 2.24) is 0 Å². The number of esters is 3. The van der Waals surface area contributed by atoms with Gasteiger partial charge >= 0.3 is 17.9 Å². The van der Waals surface area contributed by atoms with Crippen LogP contribution in [0.15, 0.2) is 12.2 Å². The number of carbonyl (C=O) groups is 3. The second-order valence-electron chi connectivity index (χ2n) is 17.4. The lowest BCUT2D eigenvalue weighted by Gasteiger charge is -2.18.